The summed E-state index contributed by atoms with van der Waals surface area (Å²) >= 11 is 0. The van der Waals surface area contributed by atoms with Gasteiger partial charge in [-0.1, -0.05) is 0 Å². The maximum absolute atomic E-state index is 5.28. The molecule has 1 aliphatic rings. The summed E-state index contributed by atoms with van der Waals surface area (Å²) < 4.78 is 15.4. The molecule has 6 heteroatoms. The van der Waals surface area contributed by atoms with E-state index in [1.165, 1.54) is 7.11 Å². The minimum Gasteiger partial charge on any atom is -0.466 e. The molecule has 1 aliphatic heterocycles. The Morgan fingerprint density at radius 3 is 3.00 bits per heavy atom. The van der Waals surface area contributed by atoms with Gasteiger partial charge in [-0.3, -0.25) is 5.10 Å². The zero-order chi connectivity index (χ0) is 11.0. The summed E-state index contributed by atoms with van der Waals surface area (Å²) in [5, 5.41) is 6.66. The molecule has 0 unspecified atom stereocenters. The molecular weight excluding hydrogens is 210 g/mol. The van der Waals surface area contributed by atoms with E-state index in [2.05, 4.69) is 15.2 Å². The van der Waals surface area contributed by atoms with Crippen LogP contribution in [0.4, 0.5) is 0 Å². The molecule has 0 saturated carbocycles. The number of nitrogens with one attached hydrogen (secondary N) is 1. The second kappa shape index (κ2) is 3.41. The van der Waals surface area contributed by atoms with Crippen molar-refractivity contribution >= 4 is 0 Å². The van der Waals surface area contributed by atoms with Crippen LogP contribution in [0.1, 0.15) is 0 Å². The van der Waals surface area contributed by atoms with Crippen LogP contribution in [0.15, 0.2) is 18.2 Å². The van der Waals surface area contributed by atoms with E-state index >= 15 is 0 Å². The molecule has 0 radical (unpaired) electrons. The molecule has 3 rings (SSSR count). The summed E-state index contributed by atoms with van der Waals surface area (Å²) in [6.07, 6.45) is 0. The number of hydrogen-bond acceptors (Lipinski definition) is 5. The number of benzene rings is 1. The Morgan fingerprint density at radius 1 is 1.31 bits per heavy atom. The quantitative estimate of drug-likeness (QED) is 0.822. The highest BCUT2D eigenvalue weighted by atomic mass is 16.7. The SMILES string of the molecule is COc1n[nH]c(-c2ccc3c(c2)OCO3)n1. The van der Waals surface area contributed by atoms with Crippen LogP contribution in [0.5, 0.6) is 17.5 Å². The van der Waals surface area contributed by atoms with Crippen molar-refractivity contribution in [1.82, 2.24) is 15.2 Å². The molecule has 1 aromatic carbocycles. The number of ether oxygens (including phenoxy) is 3. The molecular formula is C10H9N3O3. The third-order valence-electron chi connectivity index (χ3n) is 2.29. The van der Waals surface area contributed by atoms with Gasteiger partial charge in [-0.15, -0.1) is 5.10 Å². The molecule has 0 saturated heterocycles. The molecule has 2 aromatic rings. The number of methoxy groups -OCH3 is 1. The first-order valence-corrected chi connectivity index (χ1v) is 4.73. The fraction of sp³-hybridized carbons (Fsp3) is 0.200. The molecule has 2 heterocycles. The highest BCUT2D eigenvalue weighted by molar-refractivity contribution is 5.61. The van der Waals surface area contributed by atoms with Gasteiger partial charge in [0, 0.05) is 5.56 Å². The van der Waals surface area contributed by atoms with Gasteiger partial charge in [0.25, 0.3) is 0 Å². The van der Waals surface area contributed by atoms with Crippen molar-refractivity contribution in [2.24, 2.45) is 0 Å². The van der Waals surface area contributed by atoms with Crippen molar-refractivity contribution in [3.8, 4) is 28.9 Å². The normalized spacial score (nSPS) is 12.8. The molecule has 0 aliphatic carbocycles. The van der Waals surface area contributed by atoms with E-state index in [4.69, 9.17) is 14.2 Å². The van der Waals surface area contributed by atoms with E-state index in [1.54, 1.807) is 0 Å². The van der Waals surface area contributed by atoms with E-state index in [9.17, 15) is 0 Å². The fourth-order valence-corrected chi connectivity index (χ4v) is 1.51. The van der Waals surface area contributed by atoms with Crippen molar-refractivity contribution in [2.45, 2.75) is 0 Å². The van der Waals surface area contributed by atoms with Crippen LogP contribution in [0.25, 0.3) is 11.4 Å². The summed E-state index contributed by atoms with van der Waals surface area (Å²) in [5.41, 5.74) is 0.875. The second-order valence-electron chi connectivity index (χ2n) is 3.24. The molecule has 0 bridgehead atoms. The molecule has 0 amide bonds. The Labute approximate surface area is 91.2 Å². The summed E-state index contributed by atoms with van der Waals surface area (Å²) in [7, 11) is 1.52. The lowest BCUT2D eigenvalue weighted by Crippen LogP contribution is -1.92. The fourth-order valence-electron chi connectivity index (χ4n) is 1.51. The van der Waals surface area contributed by atoms with Crippen LogP contribution in [0, 0.1) is 0 Å². The zero-order valence-electron chi connectivity index (χ0n) is 8.56. The lowest BCUT2D eigenvalue weighted by Gasteiger charge is -1.98. The van der Waals surface area contributed by atoms with Crippen LogP contribution in [0.3, 0.4) is 0 Å². The van der Waals surface area contributed by atoms with E-state index in [1.807, 2.05) is 18.2 Å². The second-order valence-corrected chi connectivity index (χ2v) is 3.24. The van der Waals surface area contributed by atoms with E-state index in [0.717, 1.165) is 11.3 Å². The van der Waals surface area contributed by atoms with Gasteiger partial charge in [-0.25, -0.2) is 0 Å². The first-order chi connectivity index (χ1) is 7.86. The van der Waals surface area contributed by atoms with Gasteiger partial charge >= 0.3 is 6.01 Å². The van der Waals surface area contributed by atoms with Gasteiger partial charge in [-0.2, -0.15) is 4.98 Å². The Balaban J connectivity index is 2.00. The molecule has 16 heavy (non-hydrogen) atoms. The smallest absolute Gasteiger partial charge is 0.335 e. The van der Waals surface area contributed by atoms with Gasteiger partial charge in [0.1, 0.15) is 0 Å². The highest BCUT2D eigenvalue weighted by Crippen LogP contribution is 2.35. The van der Waals surface area contributed by atoms with Crippen molar-refractivity contribution in [1.29, 1.82) is 0 Å². The highest BCUT2D eigenvalue weighted by Gasteiger charge is 2.15. The number of rotatable bonds is 2. The summed E-state index contributed by atoms with van der Waals surface area (Å²) in [5.74, 6) is 2.10. The standard InChI is InChI=1S/C10H9N3O3/c1-14-10-11-9(12-13-10)6-2-3-7-8(4-6)16-5-15-7/h2-4H,5H2,1H3,(H,11,12,13). The van der Waals surface area contributed by atoms with Gasteiger partial charge in [0.15, 0.2) is 17.3 Å². The van der Waals surface area contributed by atoms with Gasteiger partial charge in [0.05, 0.1) is 7.11 Å². The summed E-state index contributed by atoms with van der Waals surface area (Å²) in [6.45, 7) is 0.262. The van der Waals surface area contributed by atoms with Crippen LogP contribution in [-0.4, -0.2) is 29.1 Å². The molecule has 0 fully saturated rings. The summed E-state index contributed by atoms with van der Waals surface area (Å²) in [4.78, 5) is 4.14. The number of nitrogens with zero attached hydrogens (tertiary/aromatic N) is 2. The Bertz CT molecular complexity index is 524. The summed E-state index contributed by atoms with van der Waals surface area (Å²) in [6, 6.07) is 5.88. The van der Waals surface area contributed by atoms with Crippen LogP contribution < -0.4 is 14.2 Å². The predicted molar refractivity (Wildman–Crippen MR) is 54.5 cm³/mol. The minimum atomic E-state index is 0.262. The zero-order valence-corrected chi connectivity index (χ0v) is 8.56. The number of hydrogen-bond donors (Lipinski definition) is 1. The maximum Gasteiger partial charge on any atom is 0.335 e. The monoisotopic (exact) mass is 219 g/mol. The van der Waals surface area contributed by atoms with E-state index in [0.29, 0.717) is 17.6 Å². The predicted octanol–water partition coefficient (Wildman–Crippen LogP) is 1.21. The number of fused-ring (bicyclic) bond motifs is 1. The van der Waals surface area contributed by atoms with Crippen LogP contribution in [-0.2, 0) is 0 Å². The first kappa shape index (κ1) is 9.02. The average molecular weight is 219 g/mol. The van der Waals surface area contributed by atoms with Gasteiger partial charge in [0.2, 0.25) is 6.79 Å². The Morgan fingerprint density at radius 2 is 2.19 bits per heavy atom. The Kier molecular flexibility index (Phi) is 1.92. The largest absolute Gasteiger partial charge is 0.466 e. The maximum atomic E-state index is 5.28. The molecule has 6 nitrogen and oxygen atoms in total. The van der Waals surface area contributed by atoms with Crippen LogP contribution >= 0.6 is 0 Å². The number of aromatic amines is 1. The van der Waals surface area contributed by atoms with Crippen LogP contribution in [0.2, 0.25) is 0 Å². The number of aromatic nitrogens is 3. The molecule has 1 N–H and O–H groups in total. The third-order valence-corrected chi connectivity index (χ3v) is 2.29. The molecule has 0 atom stereocenters. The molecule has 82 valence electrons. The molecule has 0 spiro atoms. The van der Waals surface area contributed by atoms with Gasteiger partial charge in [-0.05, 0) is 18.2 Å². The lowest BCUT2D eigenvalue weighted by molar-refractivity contribution is 0.174. The Hall–Kier alpha value is -2.24. The average Bonchev–Trinajstić information content (AvgIpc) is 2.96. The number of H-pyrrole nitrogens is 1. The van der Waals surface area contributed by atoms with Gasteiger partial charge < -0.3 is 14.2 Å². The van der Waals surface area contributed by atoms with E-state index in [-0.39, 0.29) is 6.79 Å². The third kappa shape index (κ3) is 1.35. The van der Waals surface area contributed by atoms with E-state index < -0.39 is 0 Å². The van der Waals surface area contributed by atoms with Crippen molar-refractivity contribution in [3.63, 3.8) is 0 Å². The topological polar surface area (TPSA) is 69.3 Å². The molecule has 1 aromatic heterocycles. The lowest BCUT2D eigenvalue weighted by atomic mass is 10.2. The van der Waals surface area contributed by atoms with Crippen molar-refractivity contribution in [2.75, 3.05) is 13.9 Å². The first-order valence-electron chi connectivity index (χ1n) is 4.73. The minimum absolute atomic E-state index is 0.262. The van der Waals surface area contributed by atoms with Crippen molar-refractivity contribution in [3.05, 3.63) is 18.2 Å². The van der Waals surface area contributed by atoms with Crippen molar-refractivity contribution < 1.29 is 14.2 Å².